The van der Waals surface area contributed by atoms with Crippen LogP contribution in [0.25, 0.3) is 0 Å². The van der Waals surface area contributed by atoms with E-state index >= 15 is 0 Å². The van der Waals surface area contributed by atoms with Crippen LogP contribution in [0.5, 0.6) is 5.75 Å². The number of aryl methyl sites for hydroxylation is 2. The van der Waals surface area contributed by atoms with Crippen molar-refractivity contribution in [1.29, 1.82) is 0 Å². The molecule has 24 heavy (non-hydrogen) atoms. The van der Waals surface area contributed by atoms with Crippen LogP contribution < -0.4 is 4.74 Å². The van der Waals surface area contributed by atoms with Crippen LogP contribution in [0.15, 0.2) is 24.3 Å². The Bertz CT molecular complexity index is 704. The number of aromatic nitrogens is 2. The number of amides is 1. The molecule has 0 bridgehead atoms. The fourth-order valence-electron chi connectivity index (χ4n) is 3.05. The lowest BCUT2D eigenvalue weighted by Crippen LogP contribution is -2.32. The normalized spacial score (nSPS) is 12.1. The number of carbonyl (C=O) groups excluding carboxylic acids is 1. The number of ether oxygens (including phenoxy) is 1. The SMILES string of the molecule is COc1ccc(C[C@H](C)CN(C)C(=O)c2c(C)nn(C)c2C)cc1. The second kappa shape index (κ2) is 7.51. The summed E-state index contributed by atoms with van der Waals surface area (Å²) in [6.45, 7) is 6.69. The van der Waals surface area contributed by atoms with Gasteiger partial charge in [0.25, 0.3) is 5.91 Å². The van der Waals surface area contributed by atoms with Crippen molar-refractivity contribution < 1.29 is 9.53 Å². The van der Waals surface area contributed by atoms with E-state index in [0.717, 1.165) is 29.1 Å². The molecule has 1 heterocycles. The standard InChI is InChI=1S/C19H27N3O2/c1-13(11-16-7-9-17(24-6)10-8-16)12-21(4)19(23)18-14(2)20-22(5)15(18)3/h7-10,13H,11-12H2,1-6H3/t13-/m0/s1. The Morgan fingerprint density at radius 2 is 1.92 bits per heavy atom. The summed E-state index contributed by atoms with van der Waals surface area (Å²) >= 11 is 0. The highest BCUT2D eigenvalue weighted by atomic mass is 16.5. The minimum Gasteiger partial charge on any atom is -0.497 e. The average Bonchev–Trinajstić information content (AvgIpc) is 2.80. The maximum absolute atomic E-state index is 12.7. The third-order valence-electron chi connectivity index (χ3n) is 4.40. The molecule has 0 fully saturated rings. The summed E-state index contributed by atoms with van der Waals surface area (Å²) in [4.78, 5) is 14.5. The third kappa shape index (κ3) is 3.96. The van der Waals surface area contributed by atoms with Gasteiger partial charge in [-0.1, -0.05) is 19.1 Å². The zero-order valence-corrected chi connectivity index (χ0v) is 15.5. The zero-order chi connectivity index (χ0) is 17.9. The molecule has 0 aliphatic heterocycles. The molecule has 0 unspecified atom stereocenters. The third-order valence-corrected chi connectivity index (χ3v) is 4.40. The first kappa shape index (κ1) is 18.0. The van der Waals surface area contributed by atoms with Crippen molar-refractivity contribution in [2.24, 2.45) is 13.0 Å². The lowest BCUT2D eigenvalue weighted by molar-refractivity contribution is 0.0774. The highest BCUT2D eigenvalue weighted by Gasteiger charge is 2.21. The molecule has 1 atom stereocenters. The summed E-state index contributed by atoms with van der Waals surface area (Å²) in [7, 11) is 5.39. The molecule has 0 saturated carbocycles. The van der Waals surface area contributed by atoms with Gasteiger partial charge in [0, 0.05) is 26.3 Å². The summed E-state index contributed by atoms with van der Waals surface area (Å²) in [6, 6.07) is 8.09. The number of hydrogen-bond acceptors (Lipinski definition) is 3. The predicted octanol–water partition coefficient (Wildman–Crippen LogP) is 3.00. The Morgan fingerprint density at radius 3 is 2.42 bits per heavy atom. The van der Waals surface area contributed by atoms with Crippen molar-refractivity contribution in [3.63, 3.8) is 0 Å². The van der Waals surface area contributed by atoms with Crippen molar-refractivity contribution in [2.75, 3.05) is 20.7 Å². The van der Waals surface area contributed by atoms with E-state index < -0.39 is 0 Å². The molecule has 0 aliphatic rings. The van der Waals surface area contributed by atoms with E-state index in [0.29, 0.717) is 12.5 Å². The molecular weight excluding hydrogens is 302 g/mol. The van der Waals surface area contributed by atoms with Gasteiger partial charge in [-0.25, -0.2) is 0 Å². The molecule has 5 heteroatoms. The molecule has 0 N–H and O–H groups in total. The molecule has 1 amide bonds. The minimum absolute atomic E-state index is 0.0414. The van der Waals surface area contributed by atoms with Crippen molar-refractivity contribution in [3.8, 4) is 5.75 Å². The van der Waals surface area contributed by atoms with E-state index in [1.54, 1.807) is 16.7 Å². The van der Waals surface area contributed by atoms with Gasteiger partial charge >= 0.3 is 0 Å². The maximum atomic E-state index is 12.7. The van der Waals surface area contributed by atoms with Gasteiger partial charge < -0.3 is 9.64 Å². The lowest BCUT2D eigenvalue weighted by Gasteiger charge is -2.22. The molecule has 2 rings (SSSR count). The molecule has 130 valence electrons. The number of carbonyl (C=O) groups is 1. The minimum atomic E-state index is 0.0414. The van der Waals surface area contributed by atoms with Crippen LogP contribution in [-0.2, 0) is 13.5 Å². The van der Waals surface area contributed by atoms with Crippen LogP contribution in [0, 0.1) is 19.8 Å². The van der Waals surface area contributed by atoms with Crippen LogP contribution >= 0.6 is 0 Å². The maximum Gasteiger partial charge on any atom is 0.257 e. The molecular formula is C19H27N3O2. The largest absolute Gasteiger partial charge is 0.497 e. The van der Waals surface area contributed by atoms with E-state index in [1.807, 2.05) is 40.1 Å². The van der Waals surface area contributed by atoms with E-state index in [9.17, 15) is 4.79 Å². The number of nitrogens with zero attached hydrogens (tertiary/aromatic N) is 3. The monoisotopic (exact) mass is 329 g/mol. The van der Waals surface area contributed by atoms with Gasteiger partial charge in [-0.3, -0.25) is 9.48 Å². The fraction of sp³-hybridized carbons (Fsp3) is 0.474. The van der Waals surface area contributed by atoms with Gasteiger partial charge in [-0.05, 0) is 43.9 Å². The van der Waals surface area contributed by atoms with Gasteiger partial charge in [0.15, 0.2) is 0 Å². The summed E-state index contributed by atoms with van der Waals surface area (Å²) in [5.74, 6) is 1.27. The summed E-state index contributed by atoms with van der Waals surface area (Å²) in [5.41, 5.74) is 3.66. The summed E-state index contributed by atoms with van der Waals surface area (Å²) in [5, 5.41) is 4.33. The molecule has 2 aromatic rings. The van der Waals surface area contributed by atoms with Crippen molar-refractivity contribution in [1.82, 2.24) is 14.7 Å². The van der Waals surface area contributed by atoms with E-state index in [2.05, 4.69) is 24.2 Å². The predicted molar refractivity (Wildman–Crippen MR) is 95.5 cm³/mol. The summed E-state index contributed by atoms with van der Waals surface area (Å²) < 4.78 is 6.94. The van der Waals surface area contributed by atoms with Gasteiger partial charge in [0.2, 0.25) is 0 Å². The zero-order valence-electron chi connectivity index (χ0n) is 15.5. The first-order valence-corrected chi connectivity index (χ1v) is 8.22. The Labute approximate surface area is 144 Å². The molecule has 1 aromatic heterocycles. The van der Waals surface area contributed by atoms with Crippen LogP contribution in [0.1, 0.15) is 34.2 Å². The fourth-order valence-corrected chi connectivity index (χ4v) is 3.05. The number of hydrogen-bond donors (Lipinski definition) is 0. The molecule has 0 aliphatic carbocycles. The molecule has 5 nitrogen and oxygen atoms in total. The van der Waals surface area contributed by atoms with Crippen molar-refractivity contribution in [2.45, 2.75) is 27.2 Å². The quantitative estimate of drug-likeness (QED) is 0.818. The Kier molecular flexibility index (Phi) is 5.65. The van der Waals surface area contributed by atoms with E-state index in [-0.39, 0.29) is 5.91 Å². The molecule has 0 spiro atoms. The van der Waals surface area contributed by atoms with Crippen molar-refractivity contribution in [3.05, 3.63) is 46.8 Å². The van der Waals surface area contributed by atoms with Crippen LogP contribution in [-0.4, -0.2) is 41.3 Å². The highest BCUT2D eigenvalue weighted by Crippen LogP contribution is 2.17. The number of benzene rings is 1. The van der Waals surface area contributed by atoms with Gasteiger partial charge in [-0.15, -0.1) is 0 Å². The Hall–Kier alpha value is -2.30. The smallest absolute Gasteiger partial charge is 0.257 e. The highest BCUT2D eigenvalue weighted by molar-refractivity contribution is 5.96. The van der Waals surface area contributed by atoms with Crippen LogP contribution in [0.2, 0.25) is 0 Å². The number of methoxy groups -OCH3 is 1. The topological polar surface area (TPSA) is 47.4 Å². The van der Waals surface area contributed by atoms with E-state index in [4.69, 9.17) is 4.74 Å². The lowest BCUT2D eigenvalue weighted by atomic mass is 10.00. The first-order chi connectivity index (χ1) is 11.3. The second-order valence-electron chi connectivity index (χ2n) is 6.51. The molecule has 0 radical (unpaired) electrons. The first-order valence-electron chi connectivity index (χ1n) is 8.22. The average molecular weight is 329 g/mol. The van der Waals surface area contributed by atoms with Gasteiger partial charge in [-0.2, -0.15) is 5.10 Å². The molecule has 1 aromatic carbocycles. The van der Waals surface area contributed by atoms with Gasteiger partial charge in [0.1, 0.15) is 5.75 Å². The van der Waals surface area contributed by atoms with Crippen molar-refractivity contribution >= 4 is 5.91 Å². The number of rotatable bonds is 6. The van der Waals surface area contributed by atoms with Gasteiger partial charge in [0.05, 0.1) is 18.4 Å². The van der Waals surface area contributed by atoms with Crippen LogP contribution in [0.4, 0.5) is 0 Å². The molecule has 0 saturated heterocycles. The van der Waals surface area contributed by atoms with Crippen LogP contribution in [0.3, 0.4) is 0 Å². The summed E-state index contributed by atoms with van der Waals surface area (Å²) in [6.07, 6.45) is 0.923. The Morgan fingerprint density at radius 1 is 1.29 bits per heavy atom. The second-order valence-corrected chi connectivity index (χ2v) is 6.51. The Balaban J connectivity index is 1.99. The van der Waals surface area contributed by atoms with E-state index in [1.165, 1.54) is 5.56 Å².